The minimum Gasteiger partial charge on any atom is -0.473 e. The van der Waals surface area contributed by atoms with Crippen molar-refractivity contribution in [1.82, 2.24) is 10.3 Å². The number of nitrogens with one attached hydrogen (secondary N) is 1. The topological polar surface area (TPSA) is 34.1 Å². The Hall–Kier alpha value is -1.87. The van der Waals surface area contributed by atoms with E-state index in [0.29, 0.717) is 5.88 Å². The number of aryl methyl sites for hydroxylation is 1. The van der Waals surface area contributed by atoms with E-state index in [1.807, 2.05) is 25.1 Å². The molecule has 100 valence electrons. The van der Waals surface area contributed by atoms with Crippen LogP contribution in [0.5, 0.6) is 5.88 Å². The van der Waals surface area contributed by atoms with Crippen LogP contribution >= 0.6 is 0 Å². The van der Waals surface area contributed by atoms with E-state index in [2.05, 4.69) is 41.5 Å². The lowest BCUT2D eigenvalue weighted by molar-refractivity contribution is 0.208. The molecule has 1 aromatic heterocycles. The van der Waals surface area contributed by atoms with Crippen molar-refractivity contribution in [2.24, 2.45) is 0 Å². The number of aromatic nitrogens is 1. The molecule has 1 aromatic carbocycles. The van der Waals surface area contributed by atoms with Crippen LogP contribution in [-0.4, -0.2) is 17.6 Å². The van der Waals surface area contributed by atoms with Crippen molar-refractivity contribution in [2.75, 3.05) is 6.54 Å². The van der Waals surface area contributed by atoms with Gasteiger partial charge in [-0.05, 0) is 25.5 Å². The zero-order valence-electron chi connectivity index (χ0n) is 11.5. The average molecular weight is 256 g/mol. The first kappa shape index (κ1) is 13.6. The lowest BCUT2D eigenvalue weighted by atomic mass is 10.1. The van der Waals surface area contributed by atoms with Gasteiger partial charge in [-0.3, -0.25) is 0 Å². The Bertz CT molecular complexity index is 482. The summed E-state index contributed by atoms with van der Waals surface area (Å²) >= 11 is 0. The highest BCUT2D eigenvalue weighted by atomic mass is 16.5. The highest BCUT2D eigenvalue weighted by Crippen LogP contribution is 2.06. The van der Waals surface area contributed by atoms with Gasteiger partial charge in [-0.15, -0.1) is 0 Å². The fourth-order valence-electron chi connectivity index (χ4n) is 1.79. The molecule has 0 saturated carbocycles. The molecule has 2 rings (SSSR count). The summed E-state index contributed by atoms with van der Waals surface area (Å²) in [5, 5.41) is 3.39. The predicted octanol–water partition coefficient (Wildman–Crippen LogP) is 2.95. The SMILES string of the molecule is Cc1ccc(CNC[C@H](C)Oc2ccccn2)cc1. The molecule has 0 spiro atoms. The highest BCUT2D eigenvalue weighted by molar-refractivity contribution is 5.21. The number of pyridine rings is 1. The smallest absolute Gasteiger partial charge is 0.213 e. The van der Waals surface area contributed by atoms with E-state index in [1.54, 1.807) is 6.20 Å². The summed E-state index contributed by atoms with van der Waals surface area (Å²) < 4.78 is 5.70. The van der Waals surface area contributed by atoms with Gasteiger partial charge in [0.05, 0.1) is 0 Å². The van der Waals surface area contributed by atoms with Crippen LogP contribution in [0.15, 0.2) is 48.7 Å². The summed E-state index contributed by atoms with van der Waals surface area (Å²) in [4.78, 5) is 4.14. The van der Waals surface area contributed by atoms with Crippen molar-refractivity contribution in [1.29, 1.82) is 0 Å². The molecule has 1 N–H and O–H groups in total. The lowest BCUT2D eigenvalue weighted by Crippen LogP contribution is -2.28. The molecule has 0 aliphatic rings. The molecule has 0 aliphatic carbocycles. The number of rotatable bonds is 6. The van der Waals surface area contributed by atoms with Gasteiger partial charge in [0.15, 0.2) is 0 Å². The van der Waals surface area contributed by atoms with Crippen LogP contribution in [0.1, 0.15) is 18.1 Å². The van der Waals surface area contributed by atoms with Crippen molar-refractivity contribution in [3.05, 3.63) is 59.8 Å². The molecular weight excluding hydrogens is 236 g/mol. The summed E-state index contributed by atoms with van der Waals surface area (Å²) in [5.74, 6) is 0.673. The lowest BCUT2D eigenvalue weighted by Gasteiger charge is -2.14. The van der Waals surface area contributed by atoms with E-state index in [9.17, 15) is 0 Å². The van der Waals surface area contributed by atoms with Gasteiger partial charge in [0.2, 0.25) is 5.88 Å². The number of ether oxygens (including phenoxy) is 1. The maximum absolute atomic E-state index is 5.70. The maximum atomic E-state index is 5.70. The van der Waals surface area contributed by atoms with Crippen LogP contribution in [0, 0.1) is 6.92 Å². The van der Waals surface area contributed by atoms with Crippen LogP contribution in [0.25, 0.3) is 0 Å². The first-order chi connectivity index (χ1) is 9.24. The number of nitrogens with zero attached hydrogens (tertiary/aromatic N) is 1. The molecule has 1 heterocycles. The highest BCUT2D eigenvalue weighted by Gasteiger charge is 2.03. The van der Waals surface area contributed by atoms with Crippen molar-refractivity contribution in [3.63, 3.8) is 0 Å². The molecule has 0 bridgehead atoms. The molecule has 2 aromatic rings. The van der Waals surface area contributed by atoms with Crippen molar-refractivity contribution < 1.29 is 4.74 Å². The van der Waals surface area contributed by atoms with Crippen LogP contribution < -0.4 is 10.1 Å². The van der Waals surface area contributed by atoms with Gasteiger partial charge in [0.1, 0.15) is 6.10 Å². The zero-order chi connectivity index (χ0) is 13.5. The van der Waals surface area contributed by atoms with Crippen LogP contribution in [0.3, 0.4) is 0 Å². The summed E-state index contributed by atoms with van der Waals surface area (Å²) in [5.41, 5.74) is 2.58. The van der Waals surface area contributed by atoms with Gasteiger partial charge in [-0.1, -0.05) is 35.9 Å². The molecule has 3 nitrogen and oxygen atoms in total. The van der Waals surface area contributed by atoms with Gasteiger partial charge in [0.25, 0.3) is 0 Å². The molecule has 0 aliphatic heterocycles. The van der Waals surface area contributed by atoms with Gasteiger partial charge in [-0.25, -0.2) is 4.98 Å². The second-order valence-corrected chi connectivity index (χ2v) is 4.71. The summed E-state index contributed by atoms with van der Waals surface area (Å²) in [6.45, 7) is 5.79. The largest absolute Gasteiger partial charge is 0.473 e. The van der Waals surface area contributed by atoms with Gasteiger partial charge < -0.3 is 10.1 Å². The molecule has 0 saturated heterocycles. The minimum absolute atomic E-state index is 0.0975. The Labute approximate surface area is 114 Å². The molecule has 0 amide bonds. The van der Waals surface area contributed by atoms with E-state index >= 15 is 0 Å². The molecular formula is C16H20N2O. The normalized spacial score (nSPS) is 12.1. The minimum atomic E-state index is 0.0975. The third-order valence-corrected chi connectivity index (χ3v) is 2.84. The molecule has 19 heavy (non-hydrogen) atoms. The quantitative estimate of drug-likeness (QED) is 0.863. The number of hydrogen-bond acceptors (Lipinski definition) is 3. The Balaban J connectivity index is 1.72. The van der Waals surface area contributed by atoms with Gasteiger partial charge in [-0.2, -0.15) is 0 Å². The summed E-state index contributed by atoms with van der Waals surface area (Å²) in [6, 6.07) is 14.2. The van der Waals surface area contributed by atoms with Crippen LogP contribution in [0.2, 0.25) is 0 Å². The Morgan fingerprint density at radius 3 is 2.63 bits per heavy atom. The van der Waals surface area contributed by atoms with Crippen LogP contribution in [-0.2, 0) is 6.54 Å². The monoisotopic (exact) mass is 256 g/mol. The van der Waals surface area contributed by atoms with Crippen molar-refractivity contribution >= 4 is 0 Å². The molecule has 0 fully saturated rings. The van der Waals surface area contributed by atoms with Crippen LogP contribution in [0.4, 0.5) is 0 Å². The molecule has 1 atom stereocenters. The standard InChI is InChI=1S/C16H20N2O/c1-13-6-8-15(9-7-13)12-17-11-14(2)19-16-5-3-4-10-18-16/h3-10,14,17H,11-12H2,1-2H3/t14-/m0/s1. The first-order valence-corrected chi connectivity index (χ1v) is 6.58. The fraction of sp³-hybridized carbons (Fsp3) is 0.312. The molecule has 0 radical (unpaired) electrons. The van der Waals surface area contributed by atoms with Gasteiger partial charge in [0, 0.05) is 25.4 Å². The van der Waals surface area contributed by atoms with E-state index < -0.39 is 0 Å². The number of hydrogen-bond donors (Lipinski definition) is 1. The number of benzene rings is 1. The summed E-state index contributed by atoms with van der Waals surface area (Å²) in [7, 11) is 0. The third-order valence-electron chi connectivity index (χ3n) is 2.84. The van der Waals surface area contributed by atoms with Gasteiger partial charge >= 0.3 is 0 Å². The second kappa shape index (κ2) is 6.90. The molecule has 0 unspecified atom stereocenters. The second-order valence-electron chi connectivity index (χ2n) is 4.71. The van der Waals surface area contributed by atoms with E-state index in [1.165, 1.54) is 11.1 Å². The first-order valence-electron chi connectivity index (χ1n) is 6.58. The average Bonchev–Trinajstić information content (AvgIpc) is 2.42. The van der Waals surface area contributed by atoms with E-state index in [-0.39, 0.29) is 6.10 Å². The third kappa shape index (κ3) is 4.72. The predicted molar refractivity (Wildman–Crippen MR) is 77.2 cm³/mol. The Kier molecular flexibility index (Phi) is 4.93. The Morgan fingerprint density at radius 2 is 1.95 bits per heavy atom. The van der Waals surface area contributed by atoms with Crippen molar-refractivity contribution in [2.45, 2.75) is 26.5 Å². The molecule has 3 heteroatoms. The summed E-state index contributed by atoms with van der Waals surface area (Å²) in [6.07, 6.45) is 1.84. The fourth-order valence-corrected chi connectivity index (χ4v) is 1.79. The zero-order valence-corrected chi connectivity index (χ0v) is 11.5. The maximum Gasteiger partial charge on any atom is 0.213 e. The van der Waals surface area contributed by atoms with E-state index in [4.69, 9.17) is 4.74 Å². The van der Waals surface area contributed by atoms with Crippen molar-refractivity contribution in [3.8, 4) is 5.88 Å². The van der Waals surface area contributed by atoms with E-state index in [0.717, 1.165) is 13.1 Å². The Morgan fingerprint density at radius 1 is 1.16 bits per heavy atom.